The van der Waals surface area contributed by atoms with E-state index in [0.29, 0.717) is 24.3 Å². The largest absolute Gasteiger partial charge is 0.480 e. The molecule has 0 radical (unpaired) electrons. The van der Waals surface area contributed by atoms with Gasteiger partial charge < -0.3 is 20.9 Å². The molecule has 0 saturated carbocycles. The van der Waals surface area contributed by atoms with Crippen molar-refractivity contribution in [2.45, 2.75) is 32.8 Å². The lowest BCUT2D eigenvalue weighted by Gasteiger charge is -2.21. The Hall–Kier alpha value is -2.28. The number of ether oxygens (including phenoxy) is 1. The number of hydrogen-bond acceptors (Lipinski definition) is 5. The zero-order valence-electron chi connectivity index (χ0n) is 13.1. The normalized spacial score (nSPS) is 10.9. The number of carboxylic acids is 1. The van der Waals surface area contributed by atoms with Gasteiger partial charge in [-0.1, -0.05) is 6.07 Å². The first kappa shape index (κ1) is 17.8. The maximum atomic E-state index is 11.8. The zero-order valence-corrected chi connectivity index (χ0v) is 13.1. The van der Waals surface area contributed by atoms with Gasteiger partial charge in [-0.3, -0.25) is 10.1 Å². The first-order valence-corrected chi connectivity index (χ1v) is 7.00. The van der Waals surface area contributed by atoms with Gasteiger partial charge in [0.05, 0.1) is 11.4 Å². The van der Waals surface area contributed by atoms with E-state index < -0.39 is 17.7 Å². The SMILES string of the molecule is CC(C)(C)OC(=O)Nc1ccc(CCN)cc1NCC(=O)O. The molecular formula is C15H23N3O4. The van der Waals surface area contributed by atoms with Crippen LogP contribution in [0.5, 0.6) is 0 Å². The highest BCUT2D eigenvalue weighted by Crippen LogP contribution is 2.24. The minimum absolute atomic E-state index is 0.255. The molecule has 1 aromatic carbocycles. The van der Waals surface area contributed by atoms with E-state index in [-0.39, 0.29) is 6.54 Å². The van der Waals surface area contributed by atoms with Crippen molar-refractivity contribution in [3.8, 4) is 0 Å². The van der Waals surface area contributed by atoms with E-state index in [1.165, 1.54) is 0 Å². The highest BCUT2D eigenvalue weighted by atomic mass is 16.6. The lowest BCUT2D eigenvalue weighted by molar-refractivity contribution is -0.134. The average molecular weight is 309 g/mol. The molecule has 0 unspecified atom stereocenters. The van der Waals surface area contributed by atoms with Gasteiger partial charge in [0.15, 0.2) is 0 Å². The number of aliphatic carboxylic acids is 1. The fraction of sp³-hybridized carbons (Fsp3) is 0.467. The topological polar surface area (TPSA) is 114 Å². The Balaban J connectivity index is 2.91. The lowest BCUT2D eigenvalue weighted by Crippen LogP contribution is -2.27. The molecular weight excluding hydrogens is 286 g/mol. The molecule has 122 valence electrons. The van der Waals surface area contributed by atoms with Gasteiger partial charge in [0, 0.05) is 0 Å². The Morgan fingerprint density at radius 3 is 2.50 bits per heavy atom. The van der Waals surface area contributed by atoms with Crippen LogP contribution in [0.1, 0.15) is 26.3 Å². The van der Waals surface area contributed by atoms with Crippen LogP contribution in [0, 0.1) is 0 Å². The highest BCUT2D eigenvalue weighted by molar-refractivity contribution is 5.90. The number of rotatable bonds is 6. The van der Waals surface area contributed by atoms with Crippen molar-refractivity contribution in [2.24, 2.45) is 5.73 Å². The number of nitrogens with two attached hydrogens (primary N) is 1. The van der Waals surface area contributed by atoms with Gasteiger partial charge in [0.2, 0.25) is 0 Å². The number of carbonyl (C=O) groups is 2. The summed E-state index contributed by atoms with van der Waals surface area (Å²) in [5, 5.41) is 14.2. The van der Waals surface area contributed by atoms with Crippen LogP contribution in [0.2, 0.25) is 0 Å². The summed E-state index contributed by atoms with van der Waals surface area (Å²) < 4.78 is 5.19. The molecule has 1 rings (SSSR count). The summed E-state index contributed by atoms with van der Waals surface area (Å²) >= 11 is 0. The van der Waals surface area contributed by atoms with Crippen LogP contribution in [0.15, 0.2) is 18.2 Å². The van der Waals surface area contributed by atoms with Crippen molar-refractivity contribution < 1.29 is 19.4 Å². The Labute approximate surface area is 129 Å². The van der Waals surface area contributed by atoms with E-state index in [1.54, 1.807) is 32.9 Å². The maximum absolute atomic E-state index is 11.8. The monoisotopic (exact) mass is 309 g/mol. The van der Waals surface area contributed by atoms with E-state index in [9.17, 15) is 9.59 Å². The van der Waals surface area contributed by atoms with Crippen LogP contribution in [0.25, 0.3) is 0 Å². The third-order valence-corrected chi connectivity index (χ3v) is 2.58. The van der Waals surface area contributed by atoms with Crippen LogP contribution < -0.4 is 16.4 Å². The van der Waals surface area contributed by atoms with Gasteiger partial charge >= 0.3 is 12.1 Å². The first-order valence-electron chi connectivity index (χ1n) is 7.00. The molecule has 1 aromatic rings. The molecule has 0 bridgehead atoms. The van der Waals surface area contributed by atoms with Gasteiger partial charge in [0.1, 0.15) is 12.1 Å². The second-order valence-electron chi connectivity index (χ2n) is 5.79. The molecule has 0 spiro atoms. The van der Waals surface area contributed by atoms with E-state index in [1.807, 2.05) is 6.07 Å². The Bertz CT molecular complexity index is 538. The Morgan fingerprint density at radius 2 is 1.95 bits per heavy atom. The summed E-state index contributed by atoms with van der Waals surface area (Å²) in [7, 11) is 0. The summed E-state index contributed by atoms with van der Waals surface area (Å²) in [6.07, 6.45) is 0.0616. The third kappa shape index (κ3) is 6.45. The molecule has 0 aliphatic heterocycles. The fourth-order valence-corrected chi connectivity index (χ4v) is 1.75. The number of anilines is 2. The van der Waals surface area contributed by atoms with Gasteiger partial charge in [-0.2, -0.15) is 0 Å². The van der Waals surface area contributed by atoms with Gasteiger partial charge in [0.25, 0.3) is 0 Å². The second kappa shape index (κ2) is 7.65. The summed E-state index contributed by atoms with van der Waals surface area (Å²) in [6, 6.07) is 5.28. The number of carboxylic acid groups (broad SMARTS) is 1. The van der Waals surface area contributed by atoms with E-state index in [4.69, 9.17) is 15.6 Å². The second-order valence-corrected chi connectivity index (χ2v) is 5.79. The summed E-state index contributed by atoms with van der Waals surface area (Å²) in [6.45, 7) is 5.52. The van der Waals surface area contributed by atoms with E-state index in [0.717, 1.165) is 5.56 Å². The summed E-state index contributed by atoms with van der Waals surface area (Å²) in [5.41, 5.74) is 6.82. The van der Waals surface area contributed by atoms with Gasteiger partial charge in [-0.05, 0) is 51.4 Å². The number of carbonyl (C=O) groups excluding carboxylic acids is 1. The fourth-order valence-electron chi connectivity index (χ4n) is 1.75. The van der Waals surface area contributed by atoms with E-state index in [2.05, 4.69) is 10.6 Å². The molecule has 22 heavy (non-hydrogen) atoms. The van der Waals surface area contributed by atoms with Crippen LogP contribution >= 0.6 is 0 Å². The van der Waals surface area contributed by atoms with E-state index >= 15 is 0 Å². The third-order valence-electron chi connectivity index (χ3n) is 2.58. The van der Waals surface area contributed by atoms with Crippen molar-refractivity contribution >= 4 is 23.4 Å². The van der Waals surface area contributed by atoms with Crippen LogP contribution in [0.4, 0.5) is 16.2 Å². The van der Waals surface area contributed by atoms with Crippen LogP contribution in [0.3, 0.4) is 0 Å². The molecule has 0 atom stereocenters. The number of amides is 1. The van der Waals surface area contributed by atoms with Crippen LogP contribution in [-0.2, 0) is 16.0 Å². The number of benzene rings is 1. The van der Waals surface area contributed by atoms with Gasteiger partial charge in [-0.15, -0.1) is 0 Å². The molecule has 0 heterocycles. The lowest BCUT2D eigenvalue weighted by atomic mass is 10.1. The highest BCUT2D eigenvalue weighted by Gasteiger charge is 2.17. The Kier molecular flexibility index (Phi) is 6.18. The average Bonchev–Trinajstić information content (AvgIpc) is 2.36. The quantitative estimate of drug-likeness (QED) is 0.639. The molecule has 0 aliphatic rings. The molecule has 0 aliphatic carbocycles. The van der Waals surface area contributed by atoms with Gasteiger partial charge in [-0.25, -0.2) is 4.79 Å². The maximum Gasteiger partial charge on any atom is 0.412 e. The van der Waals surface area contributed by atoms with Crippen LogP contribution in [-0.4, -0.2) is 35.9 Å². The van der Waals surface area contributed by atoms with Crippen molar-refractivity contribution in [1.29, 1.82) is 0 Å². The predicted octanol–water partition coefficient (Wildman–Crippen LogP) is 2.03. The molecule has 7 nitrogen and oxygen atoms in total. The van der Waals surface area contributed by atoms with Crippen molar-refractivity contribution in [1.82, 2.24) is 0 Å². The molecule has 7 heteroatoms. The first-order chi connectivity index (χ1) is 10.2. The van der Waals surface area contributed by atoms with Crippen molar-refractivity contribution in [3.63, 3.8) is 0 Å². The molecule has 0 fully saturated rings. The Morgan fingerprint density at radius 1 is 1.27 bits per heavy atom. The van der Waals surface area contributed by atoms with Crippen molar-refractivity contribution in [2.75, 3.05) is 23.7 Å². The number of hydrogen-bond donors (Lipinski definition) is 4. The summed E-state index contributed by atoms with van der Waals surface area (Å²) in [4.78, 5) is 22.5. The minimum Gasteiger partial charge on any atom is -0.480 e. The molecule has 0 aromatic heterocycles. The molecule has 5 N–H and O–H groups in total. The standard InChI is InChI=1S/C15H23N3O4/c1-15(2,3)22-14(21)18-11-5-4-10(6-7-16)8-12(11)17-9-13(19)20/h4-5,8,17H,6-7,9,16H2,1-3H3,(H,18,21)(H,19,20). The molecule has 0 saturated heterocycles. The molecule has 1 amide bonds. The zero-order chi connectivity index (χ0) is 16.8. The summed E-state index contributed by atoms with van der Waals surface area (Å²) in [5.74, 6) is -0.993. The number of nitrogens with one attached hydrogen (secondary N) is 2. The predicted molar refractivity (Wildman–Crippen MR) is 85.2 cm³/mol. The smallest absolute Gasteiger partial charge is 0.412 e. The van der Waals surface area contributed by atoms with Crippen molar-refractivity contribution in [3.05, 3.63) is 23.8 Å². The minimum atomic E-state index is -0.993.